The molecular formula is C50H72N10O15. The Bertz CT molecular complexity index is 2350. The number of aliphatic carboxylic acids is 2. The second kappa shape index (κ2) is 30.8. The Morgan fingerprint density at radius 3 is 1.52 bits per heavy atom. The summed E-state index contributed by atoms with van der Waals surface area (Å²) in [6.07, 6.45) is -1.71. The van der Waals surface area contributed by atoms with Gasteiger partial charge in [-0.1, -0.05) is 90.4 Å². The first kappa shape index (κ1) is 63.0. The molecule has 0 spiro atoms. The van der Waals surface area contributed by atoms with Gasteiger partial charge in [-0.05, 0) is 54.4 Å². The van der Waals surface area contributed by atoms with E-state index in [-0.39, 0.29) is 37.4 Å². The maximum atomic E-state index is 14.1. The Kier molecular flexibility index (Phi) is 25.9. The minimum Gasteiger partial charge on any atom is -0.508 e. The molecule has 2 rings (SSSR count). The van der Waals surface area contributed by atoms with Gasteiger partial charge in [-0.3, -0.25) is 52.7 Å². The van der Waals surface area contributed by atoms with Crippen molar-refractivity contribution >= 4 is 71.0 Å². The highest BCUT2D eigenvalue weighted by Crippen LogP contribution is 2.14. The molecular weight excluding hydrogens is 981 g/mol. The van der Waals surface area contributed by atoms with Crippen LogP contribution in [0, 0.1) is 17.8 Å². The second-order valence-corrected chi connectivity index (χ2v) is 18.9. The molecule has 0 saturated carbocycles. The summed E-state index contributed by atoms with van der Waals surface area (Å²) in [5, 5.41) is 50.6. The lowest BCUT2D eigenvalue weighted by Gasteiger charge is -2.30. The summed E-state index contributed by atoms with van der Waals surface area (Å²) in [4.78, 5) is 156. The number of carbonyl (C=O) groups is 12. The molecule has 0 saturated heterocycles. The van der Waals surface area contributed by atoms with E-state index in [1.54, 1.807) is 84.0 Å². The molecule has 0 heterocycles. The number of phenolic OH excluding ortho intramolecular Hbond substituents is 1. The lowest BCUT2D eigenvalue weighted by molar-refractivity contribution is -0.144. The summed E-state index contributed by atoms with van der Waals surface area (Å²) in [6, 6.07) is 2.86. The molecule has 9 atom stereocenters. The Morgan fingerprint density at radius 2 is 1.01 bits per heavy atom. The topological polar surface area (TPSA) is 400 Å². The molecule has 0 aliphatic rings. The van der Waals surface area contributed by atoms with Crippen molar-refractivity contribution in [3.63, 3.8) is 0 Å². The van der Waals surface area contributed by atoms with Gasteiger partial charge in [0, 0.05) is 19.8 Å². The average molecular weight is 1050 g/mol. The fourth-order valence-corrected chi connectivity index (χ4v) is 7.35. The molecule has 0 aliphatic heterocycles. The lowest BCUT2D eigenvalue weighted by Crippen LogP contribution is -2.62. The summed E-state index contributed by atoms with van der Waals surface area (Å²) in [6.45, 7) is 11.7. The number of carbonyl (C=O) groups excluding carboxylic acids is 10. The van der Waals surface area contributed by atoms with Crippen LogP contribution in [0.15, 0.2) is 54.6 Å². The number of carboxylic acids is 2. The Labute approximate surface area is 434 Å². The third kappa shape index (κ3) is 22.7. The number of hydrogen-bond acceptors (Lipinski definition) is 13. The van der Waals surface area contributed by atoms with E-state index >= 15 is 0 Å². The number of nitrogens with two attached hydrogens (primary N) is 1. The van der Waals surface area contributed by atoms with Gasteiger partial charge in [0.1, 0.15) is 54.1 Å². The van der Waals surface area contributed by atoms with Crippen molar-refractivity contribution < 1.29 is 72.9 Å². The first-order valence-electron chi connectivity index (χ1n) is 24.3. The minimum absolute atomic E-state index is 0.000849. The zero-order valence-electron chi connectivity index (χ0n) is 43.3. The SMILES string of the molecule is CCC(C)C(NC(=O)C(NC(=O)C(Cc1ccccc1)NC(=O)CNC(=O)C(C)NC(=O)C(Cc1ccc(O)cc1)NC(C)=O)C(C)C)C(=O)NC(CC(N)=O)C(=O)NC(CC(=O)O)C(=O)NC(CC(C)C)C(=O)O. The number of hydrogen-bond donors (Lipinski definition) is 13. The van der Waals surface area contributed by atoms with Gasteiger partial charge in [0.2, 0.25) is 59.1 Å². The molecule has 0 aliphatic carbocycles. The summed E-state index contributed by atoms with van der Waals surface area (Å²) >= 11 is 0. The standard InChI is InChI=1S/C50H72N10O15/c1-9-27(6)42(49(73)57-35(22-38(51)63)45(69)56-36(23-40(65)66)46(70)58-37(50(74)75)19-25(2)3)60-48(72)41(26(4)5)59-47(71)34(20-30-13-11-10-12-14-30)55-39(64)24-52-43(67)28(7)53-44(68)33(54-29(8)61)21-31-15-17-32(62)18-16-31/h10-18,25-28,33-37,41-42,62H,9,19-24H2,1-8H3,(H2,51,63)(H,52,67)(H,53,68)(H,54,61)(H,55,64)(H,56,69)(H,57,73)(H,58,70)(H,59,71)(H,60,72)(H,65,66)(H,74,75). The van der Waals surface area contributed by atoms with Gasteiger partial charge in [-0.2, -0.15) is 0 Å². The van der Waals surface area contributed by atoms with Crippen LogP contribution in [0.2, 0.25) is 0 Å². The molecule has 25 nitrogen and oxygen atoms in total. The Morgan fingerprint density at radius 1 is 0.533 bits per heavy atom. The van der Waals surface area contributed by atoms with Crippen LogP contribution in [0.1, 0.15) is 92.2 Å². The molecule has 412 valence electrons. The third-order valence-corrected chi connectivity index (χ3v) is 11.6. The van der Waals surface area contributed by atoms with Gasteiger partial charge in [0.25, 0.3) is 0 Å². The van der Waals surface area contributed by atoms with Crippen molar-refractivity contribution in [3.05, 3.63) is 65.7 Å². The lowest BCUT2D eigenvalue weighted by atomic mass is 9.95. The molecule has 25 heteroatoms. The predicted molar refractivity (Wildman–Crippen MR) is 269 cm³/mol. The number of carboxylic acid groups (broad SMARTS) is 2. The zero-order valence-corrected chi connectivity index (χ0v) is 43.3. The zero-order chi connectivity index (χ0) is 56.7. The number of amides is 10. The van der Waals surface area contributed by atoms with Gasteiger partial charge >= 0.3 is 11.9 Å². The highest BCUT2D eigenvalue weighted by Gasteiger charge is 2.37. The molecule has 75 heavy (non-hydrogen) atoms. The van der Waals surface area contributed by atoms with Crippen LogP contribution >= 0.6 is 0 Å². The van der Waals surface area contributed by atoms with Crippen molar-refractivity contribution in [2.45, 2.75) is 142 Å². The van der Waals surface area contributed by atoms with Crippen LogP contribution in [0.3, 0.4) is 0 Å². The number of rotatable bonds is 31. The van der Waals surface area contributed by atoms with Crippen molar-refractivity contribution in [3.8, 4) is 5.75 Å². The highest BCUT2D eigenvalue weighted by atomic mass is 16.4. The number of aromatic hydroxyl groups is 1. The number of primary amides is 1. The smallest absolute Gasteiger partial charge is 0.326 e. The van der Waals surface area contributed by atoms with E-state index in [2.05, 4.69) is 47.9 Å². The molecule has 10 amide bonds. The average Bonchev–Trinajstić information content (AvgIpc) is 3.32. The van der Waals surface area contributed by atoms with Gasteiger partial charge in [0.15, 0.2) is 0 Å². The summed E-state index contributed by atoms with van der Waals surface area (Å²) in [5.41, 5.74) is 6.60. The van der Waals surface area contributed by atoms with E-state index in [9.17, 15) is 72.9 Å². The van der Waals surface area contributed by atoms with Crippen LogP contribution in [-0.2, 0) is 70.4 Å². The molecule has 14 N–H and O–H groups in total. The molecule has 0 bridgehead atoms. The molecule has 0 radical (unpaired) electrons. The van der Waals surface area contributed by atoms with Crippen molar-refractivity contribution in [2.75, 3.05) is 6.54 Å². The summed E-state index contributed by atoms with van der Waals surface area (Å²) in [7, 11) is 0. The van der Waals surface area contributed by atoms with Gasteiger partial charge < -0.3 is 68.9 Å². The van der Waals surface area contributed by atoms with Crippen molar-refractivity contribution in [1.82, 2.24) is 47.9 Å². The maximum Gasteiger partial charge on any atom is 0.326 e. The molecule has 2 aromatic carbocycles. The molecule has 0 aromatic heterocycles. The first-order chi connectivity index (χ1) is 35.1. The van der Waals surface area contributed by atoms with Gasteiger partial charge in [-0.15, -0.1) is 0 Å². The second-order valence-electron chi connectivity index (χ2n) is 18.9. The van der Waals surface area contributed by atoms with Crippen LogP contribution in [0.5, 0.6) is 5.75 Å². The van der Waals surface area contributed by atoms with Crippen LogP contribution in [-0.4, -0.2) is 141 Å². The number of benzene rings is 2. The van der Waals surface area contributed by atoms with Crippen molar-refractivity contribution in [2.24, 2.45) is 23.5 Å². The van der Waals surface area contributed by atoms with Crippen LogP contribution in [0.25, 0.3) is 0 Å². The van der Waals surface area contributed by atoms with Crippen LogP contribution < -0.4 is 53.6 Å². The molecule has 2 aromatic rings. The number of nitrogens with one attached hydrogen (secondary N) is 9. The Balaban J connectivity index is 2.28. The monoisotopic (exact) mass is 1050 g/mol. The van der Waals surface area contributed by atoms with E-state index in [1.807, 2.05) is 0 Å². The fraction of sp³-hybridized carbons (Fsp3) is 0.520. The molecule has 9 unspecified atom stereocenters. The molecule has 0 fully saturated rings. The normalized spacial score (nSPS) is 14.6. The summed E-state index contributed by atoms with van der Waals surface area (Å²) in [5.74, 6) is -13.6. The summed E-state index contributed by atoms with van der Waals surface area (Å²) < 4.78 is 0. The van der Waals surface area contributed by atoms with Gasteiger partial charge in [-0.25, -0.2) is 4.79 Å². The fourth-order valence-electron chi connectivity index (χ4n) is 7.35. The minimum atomic E-state index is -1.87. The van der Waals surface area contributed by atoms with Gasteiger partial charge in [0.05, 0.1) is 19.4 Å². The highest BCUT2D eigenvalue weighted by molar-refractivity contribution is 5.99. The van der Waals surface area contributed by atoms with E-state index in [4.69, 9.17) is 5.73 Å². The van der Waals surface area contributed by atoms with E-state index in [0.29, 0.717) is 11.1 Å². The Hall–Kier alpha value is -8.12. The first-order valence-corrected chi connectivity index (χ1v) is 24.3. The quantitative estimate of drug-likeness (QED) is 0.0404. The van der Waals surface area contributed by atoms with E-state index in [0.717, 1.165) is 0 Å². The van der Waals surface area contributed by atoms with Crippen molar-refractivity contribution in [1.29, 1.82) is 0 Å². The number of phenols is 1. The largest absolute Gasteiger partial charge is 0.508 e. The predicted octanol–water partition coefficient (Wildman–Crippen LogP) is -1.61. The third-order valence-electron chi connectivity index (χ3n) is 11.6. The van der Waals surface area contributed by atoms with Crippen LogP contribution in [0.4, 0.5) is 0 Å². The van der Waals surface area contributed by atoms with E-state index in [1.165, 1.54) is 26.0 Å². The maximum absolute atomic E-state index is 14.1. The van der Waals surface area contributed by atoms with E-state index < -0.39 is 151 Å².